The van der Waals surface area contributed by atoms with Crippen LogP contribution in [0.5, 0.6) is 0 Å². The van der Waals surface area contributed by atoms with Crippen LogP contribution in [0.2, 0.25) is 0 Å². The molecule has 0 aromatic heterocycles. The van der Waals surface area contributed by atoms with Gasteiger partial charge >= 0.3 is 5.97 Å². The third-order valence-corrected chi connectivity index (χ3v) is 2.82. The molecule has 0 saturated heterocycles. The van der Waals surface area contributed by atoms with Gasteiger partial charge in [-0.1, -0.05) is 40.0 Å². The van der Waals surface area contributed by atoms with Gasteiger partial charge in [0.05, 0.1) is 19.6 Å². The first-order valence-electron chi connectivity index (χ1n) is 6.97. The third kappa shape index (κ3) is 10.3. The molecule has 17 heavy (non-hydrogen) atoms. The van der Waals surface area contributed by atoms with Crippen molar-refractivity contribution in [1.82, 2.24) is 0 Å². The summed E-state index contributed by atoms with van der Waals surface area (Å²) in [6.07, 6.45) is 6.03. The molecule has 0 rings (SSSR count). The van der Waals surface area contributed by atoms with Gasteiger partial charge in [-0.05, 0) is 18.8 Å². The van der Waals surface area contributed by atoms with Gasteiger partial charge in [0.15, 0.2) is 0 Å². The summed E-state index contributed by atoms with van der Waals surface area (Å²) in [6.45, 7) is 8.17. The lowest BCUT2D eigenvalue weighted by Crippen LogP contribution is -2.15. The molecule has 1 atom stereocenters. The Morgan fingerprint density at radius 2 is 1.88 bits per heavy atom. The molecule has 0 aliphatic rings. The predicted octanol–water partition coefficient (Wildman–Crippen LogP) is 3.56. The molecule has 0 spiro atoms. The molecule has 0 aromatic carbocycles. The van der Waals surface area contributed by atoms with E-state index in [1.807, 2.05) is 0 Å². The average molecular weight is 244 g/mol. The maximum atomic E-state index is 11.4. The lowest BCUT2D eigenvalue weighted by atomic mass is 10.0. The molecular formula is C14H28O3. The summed E-state index contributed by atoms with van der Waals surface area (Å²) in [5, 5.41) is 0. The molecule has 3 nitrogen and oxygen atoms in total. The van der Waals surface area contributed by atoms with E-state index in [1.54, 1.807) is 0 Å². The Balaban J connectivity index is 3.52. The first-order valence-corrected chi connectivity index (χ1v) is 6.97. The second-order valence-electron chi connectivity index (χ2n) is 4.46. The Labute approximate surface area is 106 Å². The highest BCUT2D eigenvalue weighted by Crippen LogP contribution is 2.13. The fourth-order valence-corrected chi connectivity index (χ4v) is 1.58. The van der Waals surface area contributed by atoms with Crippen LogP contribution in [0.15, 0.2) is 0 Å². The highest BCUT2D eigenvalue weighted by Gasteiger charge is 2.09. The summed E-state index contributed by atoms with van der Waals surface area (Å²) >= 11 is 0. The Morgan fingerprint density at radius 1 is 1.12 bits per heavy atom. The Kier molecular flexibility index (Phi) is 11.5. The van der Waals surface area contributed by atoms with Gasteiger partial charge < -0.3 is 9.47 Å². The Morgan fingerprint density at radius 3 is 2.47 bits per heavy atom. The molecule has 0 amide bonds. The fourth-order valence-electron chi connectivity index (χ4n) is 1.58. The summed E-state index contributed by atoms with van der Waals surface area (Å²) in [5.74, 6) is 0.395. The van der Waals surface area contributed by atoms with Crippen LogP contribution in [0.25, 0.3) is 0 Å². The second kappa shape index (κ2) is 11.9. The normalized spacial score (nSPS) is 12.4. The quantitative estimate of drug-likeness (QED) is 0.412. The van der Waals surface area contributed by atoms with Crippen molar-refractivity contribution in [2.24, 2.45) is 5.92 Å². The van der Waals surface area contributed by atoms with Gasteiger partial charge in [0.1, 0.15) is 0 Å². The van der Waals surface area contributed by atoms with Crippen LogP contribution in [0.1, 0.15) is 59.3 Å². The van der Waals surface area contributed by atoms with Crippen LogP contribution in [0.4, 0.5) is 0 Å². The van der Waals surface area contributed by atoms with Crippen molar-refractivity contribution in [3.8, 4) is 0 Å². The van der Waals surface area contributed by atoms with Crippen LogP contribution in [-0.2, 0) is 14.3 Å². The van der Waals surface area contributed by atoms with Gasteiger partial charge in [-0.2, -0.15) is 0 Å². The van der Waals surface area contributed by atoms with Gasteiger partial charge in [0.2, 0.25) is 0 Å². The van der Waals surface area contributed by atoms with Crippen molar-refractivity contribution in [3.63, 3.8) is 0 Å². The van der Waals surface area contributed by atoms with Crippen molar-refractivity contribution in [2.75, 3.05) is 19.8 Å². The van der Waals surface area contributed by atoms with Crippen molar-refractivity contribution in [3.05, 3.63) is 0 Å². The van der Waals surface area contributed by atoms with Crippen molar-refractivity contribution >= 4 is 5.97 Å². The number of esters is 1. The molecule has 0 aliphatic heterocycles. The average Bonchev–Trinajstić information content (AvgIpc) is 2.35. The van der Waals surface area contributed by atoms with Crippen molar-refractivity contribution < 1.29 is 14.3 Å². The van der Waals surface area contributed by atoms with Gasteiger partial charge in [-0.25, -0.2) is 0 Å². The standard InChI is InChI=1S/C14H28O3/c1-4-7-8-13(6-3)12-17-14(15)9-11-16-10-5-2/h13H,4-12H2,1-3H3. The summed E-state index contributed by atoms with van der Waals surface area (Å²) in [4.78, 5) is 11.4. The SMILES string of the molecule is CCCCC(CC)COC(=O)CCOCCC. The summed E-state index contributed by atoms with van der Waals surface area (Å²) in [7, 11) is 0. The third-order valence-electron chi connectivity index (χ3n) is 2.82. The zero-order chi connectivity index (χ0) is 12.9. The number of unbranched alkanes of at least 4 members (excludes halogenated alkanes) is 1. The van der Waals surface area contributed by atoms with Crippen LogP contribution < -0.4 is 0 Å². The van der Waals surface area contributed by atoms with E-state index in [1.165, 1.54) is 12.8 Å². The largest absolute Gasteiger partial charge is 0.465 e. The Bertz CT molecular complexity index is 180. The highest BCUT2D eigenvalue weighted by molar-refractivity contribution is 5.69. The van der Waals surface area contributed by atoms with E-state index in [0.29, 0.717) is 25.6 Å². The zero-order valence-corrected chi connectivity index (χ0v) is 11.7. The number of hydrogen-bond donors (Lipinski definition) is 0. The van der Waals surface area contributed by atoms with Gasteiger partial charge in [-0.3, -0.25) is 4.79 Å². The summed E-state index contributed by atoms with van der Waals surface area (Å²) in [6, 6.07) is 0. The fraction of sp³-hybridized carbons (Fsp3) is 0.929. The molecule has 0 aromatic rings. The smallest absolute Gasteiger partial charge is 0.308 e. The van der Waals surface area contributed by atoms with E-state index in [0.717, 1.165) is 25.9 Å². The molecule has 1 unspecified atom stereocenters. The van der Waals surface area contributed by atoms with Gasteiger partial charge in [0.25, 0.3) is 0 Å². The van der Waals surface area contributed by atoms with Crippen LogP contribution >= 0.6 is 0 Å². The van der Waals surface area contributed by atoms with Crippen LogP contribution in [0, 0.1) is 5.92 Å². The number of carbonyl (C=O) groups is 1. The monoisotopic (exact) mass is 244 g/mol. The van der Waals surface area contributed by atoms with Crippen LogP contribution in [0.3, 0.4) is 0 Å². The number of hydrogen-bond acceptors (Lipinski definition) is 3. The predicted molar refractivity (Wildman–Crippen MR) is 70.0 cm³/mol. The maximum Gasteiger partial charge on any atom is 0.308 e. The highest BCUT2D eigenvalue weighted by atomic mass is 16.5. The molecule has 0 bridgehead atoms. The lowest BCUT2D eigenvalue weighted by molar-refractivity contribution is -0.146. The van der Waals surface area contributed by atoms with Crippen molar-refractivity contribution in [2.45, 2.75) is 59.3 Å². The summed E-state index contributed by atoms with van der Waals surface area (Å²) in [5.41, 5.74) is 0. The lowest BCUT2D eigenvalue weighted by Gasteiger charge is -2.14. The second-order valence-corrected chi connectivity index (χ2v) is 4.46. The van der Waals surface area contributed by atoms with E-state index >= 15 is 0 Å². The minimum Gasteiger partial charge on any atom is -0.465 e. The number of ether oxygens (including phenoxy) is 2. The van der Waals surface area contributed by atoms with Gasteiger partial charge in [0, 0.05) is 6.61 Å². The first-order chi connectivity index (χ1) is 8.24. The van der Waals surface area contributed by atoms with Gasteiger partial charge in [-0.15, -0.1) is 0 Å². The van der Waals surface area contributed by atoms with E-state index in [2.05, 4.69) is 20.8 Å². The molecular weight excluding hydrogens is 216 g/mol. The first kappa shape index (κ1) is 16.4. The molecule has 0 heterocycles. The Hall–Kier alpha value is -0.570. The zero-order valence-electron chi connectivity index (χ0n) is 11.7. The van der Waals surface area contributed by atoms with E-state index in [-0.39, 0.29) is 5.97 Å². The van der Waals surface area contributed by atoms with Crippen LogP contribution in [-0.4, -0.2) is 25.8 Å². The number of carbonyl (C=O) groups excluding carboxylic acids is 1. The molecule has 102 valence electrons. The topological polar surface area (TPSA) is 35.5 Å². The molecule has 0 saturated carbocycles. The molecule has 0 fully saturated rings. The minimum absolute atomic E-state index is 0.129. The minimum atomic E-state index is -0.129. The van der Waals surface area contributed by atoms with Crippen molar-refractivity contribution in [1.29, 1.82) is 0 Å². The van der Waals surface area contributed by atoms with E-state index in [9.17, 15) is 4.79 Å². The maximum absolute atomic E-state index is 11.4. The molecule has 0 N–H and O–H groups in total. The van der Waals surface area contributed by atoms with E-state index < -0.39 is 0 Å². The number of rotatable bonds is 11. The molecule has 0 radical (unpaired) electrons. The molecule has 0 aliphatic carbocycles. The molecule has 3 heteroatoms. The van der Waals surface area contributed by atoms with E-state index in [4.69, 9.17) is 9.47 Å². The summed E-state index contributed by atoms with van der Waals surface area (Å²) < 4.78 is 10.5.